The topological polar surface area (TPSA) is 29.3 Å². The summed E-state index contributed by atoms with van der Waals surface area (Å²) in [6.45, 7) is 0.874. The van der Waals surface area contributed by atoms with Crippen molar-refractivity contribution in [1.29, 1.82) is 0 Å². The van der Waals surface area contributed by atoms with Gasteiger partial charge < -0.3 is 10.6 Å². The Kier molecular flexibility index (Phi) is 6.82. The van der Waals surface area contributed by atoms with E-state index in [0.717, 1.165) is 13.0 Å². The van der Waals surface area contributed by atoms with E-state index in [2.05, 4.69) is 12.1 Å². The molecule has 0 bridgehead atoms. The average Bonchev–Trinajstić information content (AvgIpc) is 2.15. The number of thiocarbonyl (C=S) groups is 1. The lowest BCUT2D eigenvalue weighted by Gasteiger charge is -2.16. The van der Waals surface area contributed by atoms with Crippen LogP contribution in [0.5, 0.6) is 0 Å². The second-order valence-electron chi connectivity index (χ2n) is 3.00. The van der Waals surface area contributed by atoms with Gasteiger partial charge in [-0.3, -0.25) is 0 Å². The van der Waals surface area contributed by atoms with E-state index >= 15 is 0 Å². The van der Waals surface area contributed by atoms with Crippen molar-refractivity contribution in [2.75, 3.05) is 13.6 Å². The predicted octanol–water partition coefficient (Wildman–Crippen LogP) is 2.02. The second-order valence-corrected chi connectivity index (χ2v) is 3.41. The summed E-state index contributed by atoms with van der Waals surface area (Å²) in [4.78, 5) is 1.88. The van der Waals surface area contributed by atoms with Crippen molar-refractivity contribution in [2.45, 2.75) is 6.42 Å². The number of nitrogens with two attached hydrogens (primary N) is 1. The molecule has 0 saturated carbocycles. The van der Waals surface area contributed by atoms with Crippen molar-refractivity contribution in [3.8, 4) is 0 Å². The molecule has 78 valence electrons. The summed E-state index contributed by atoms with van der Waals surface area (Å²) in [5.41, 5.74) is 6.77. The fourth-order valence-electron chi connectivity index (χ4n) is 1.05. The average molecular weight is 322 g/mol. The van der Waals surface area contributed by atoms with Crippen molar-refractivity contribution >= 4 is 41.3 Å². The molecular weight excluding hydrogens is 307 g/mol. The number of likely N-dealkylation sites (N-methyl/N-ethyl adjacent to an activating group) is 1. The van der Waals surface area contributed by atoms with Crippen LogP contribution in [0, 0.1) is 0 Å². The normalized spacial score (nSPS) is 8.93. The first kappa shape index (κ1) is 13.6. The van der Waals surface area contributed by atoms with Gasteiger partial charge in [-0.15, -0.1) is 24.0 Å². The molecular formula is C10H15IN2S. The van der Waals surface area contributed by atoms with Gasteiger partial charge in [0.1, 0.15) is 0 Å². The fraction of sp³-hybridized carbons (Fsp3) is 0.300. The molecule has 0 spiro atoms. The van der Waals surface area contributed by atoms with E-state index in [9.17, 15) is 0 Å². The van der Waals surface area contributed by atoms with Gasteiger partial charge in [0.15, 0.2) is 5.11 Å². The molecule has 2 nitrogen and oxygen atoms in total. The Morgan fingerprint density at radius 3 is 2.43 bits per heavy atom. The molecule has 0 atom stereocenters. The minimum Gasteiger partial charge on any atom is -0.376 e. The number of hydrogen-bond acceptors (Lipinski definition) is 1. The first-order valence-corrected chi connectivity index (χ1v) is 4.65. The van der Waals surface area contributed by atoms with Crippen LogP contribution in [0.1, 0.15) is 5.56 Å². The van der Waals surface area contributed by atoms with E-state index in [4.69, 9.17) is 18.0 Å². The van der Waals surface area contributed by atoms with Crippen LogP contribution in [0.4, 0.5) is 0 Å². The zero-order chi connectivity index (χ0) is 9.68. The van der Waals surface area contributed by atoms with Crippen molar-refractivity contribution < 1.29 is 0 Å². The summed E-state index contributed by atoms with van der Waals surface area (Å²) in [5, 5.41) is 0.455. The summed E-state index contributed by atoms with van der Waals surface area (Å²) >= 11 is 4.84. The third-order valence-corrected chi connectivity index (χ3v) is 2.27. The smallest absolute Gasteiger partial charge is 0.166 e. The Morgan fingerprint density at radius 2 is 1.93 bits per heavy atom. The standard InChI is InChI=1S/C10H14N2S.HI/c1-12(10(11)13)8-7-9-5-3-2-4-6-9;/h2-6H,7-8H2,1H3,(H2,11,13);1H. The second kappa shape index (κ2) is 7.00. The maximum absolute atomic E-state index is 5.46. The molecule has 0 amide bonds. The minimum absolute atomic E-state index is 0. The first-order chi connectivity index (χ1) is 6.20. The Hall–Kier alpha value is -0.360. The monoisotopic (exact) mass is 322 g/mol. The molecule has 1 aromatic rings. The van der Waals surface area contributed by atoms with Gasteiger partial charge in [0, 0.05) is 13.6 Å². The highest BCUT2D eigenvalue weighted by atomic mass is 127. The molecule has 14 heavy (non-hydrogen) atoms. The van der Waals surface area contributed by atoms with E-state index in [1.54, 1.807) is 0 Å². The van der Waals surface area contributed by atoms with Crippen molar-refractivity contribution in [1.82, 2.24) is 4.90 Å². The molecule has 2 N–H and O–H groups in total. The molecule has 0 unspecified atom stereocenters. The molecule has 0 aliphatic heterocycles. The van der Waals surface area contributed by atoms with Crippen LogP contribution < -0.4 is 5.73 Å². The molecule has 0 saturated heterocycles. The van der Waals surface area contributed by atoms with Crippen LogP contribution in [-0.2, 0) is 6.42 Å². The molecule has 0 aromatic heterocycles. The highest BCUT2D eigenvalue weighted by Crippen LogP contribution is 2.00. The number of rotatable bonds is 3. The molecule has 1 rings (SSSR count). The van der Waals surface area contributed by atoms with Crippen LogP contribution in [-0.4, -0.2) is 23.6 Å². The minimum atomic E-state index is 0. The van der Waals surface area contributed by atoms with Gasteiger partial charge in [-0.1, -0.05) is 30.3 Å². The zero-order valence-corrected chi connectivity index (χ0v) is 11.3. The Bertz CT molecular complexity index is 277. The van der Waals surface area contributed by atoms with Crippen LogP contribution in [0.3, 0.4) is 0 Å². The largest absolute Gasteiger partial charge is 0.376 e. The third kappa shape index (κ3) is 4.76. The van der Waals surface area contributed by atoms with E-state index in [0.29, 0.717) is 5.11 Å². The van der Waals surface area contributed by atoms with Gasteiger partial charge in [-0.25, -0.2) is 0 Å². The maximum Gasteiger partial charge on any atom is 0.166 e. The van der Waals surface area contributed by atoms with Gasteiger partial charge >= 0.3 is 0 Å². The Labute approximate surface area is 107 Å². The van der Waals surface area contributed by atoms with Gasteiger partial charge in [-0.05, 0) is 24.2 Å². The van der Waals surface area contributed by atoms with Gasteiger partial charge in [0.2, 0.25) is 0 Å². The summed E-state index contributed by atoms with van der Waals surface area (Å²) in [5.74, 6) is 0. The lowest BCUT2D eigenvalue weighted by Crippen LogP contribution is -2.33. The lowest BCUT2D eigenvalue weighted by molar-refractivity contribution is 0.512. The van der Waals surface area contributed by atoms with Crippen LogP contribution in [0.25, 0.3) is 0 Å². The summed E-state index contributed by atoms with van der Waals surface area (Å²) < 4.78 is 0. The summed E-state index contributed by atoms with van der Waals surface area (Å²) in [7, 11) is 1.91. The molecule has 0 heterocycles. The molecule has 0 radical (unpaired) electrons. The quantitative estimate of drug-likeness (QED) is 0.682. The Balaban J connectivity index is 0.00000169. The highest BCUT2D eigenvalue weighted by Gasteiger charge is 1.98. The van der Waals surface area contributed by atoms with E-state index in [1.165, 1.54) is 5.56 Å². The number of nitrogens with zero attached hydrogens (tertiary/aromatic N) is 1. The van der Waals surface area contributed by atoms with E-state index < -0.39 is 0 Å². The van der Waals surface area contributed by atoms with Gasteiger partial charge in [0.05, 0.1) is 0 Å². The van der Waals surface area contributed by atoms with E-state index in [1.807, 2.05) is 30.1 Å². The molecule has 4 heteroatoms. The van der Waals surface area contributed by atoms with Gasteiger partial charge in [0.25, 0.3) is 0 Å². The van der Waals surface area contributed by atoms with Crippen LogP contribution in [0.2, 0.25) is 0 Å². The van der Waals surface area contributed by atoms with E-state index in [-0.39, 0.29) is 24.0 Å². The van der Waals surface area contributed by atoms with Crippen LogP contribution >= 0.6 is 36.2 Å². The molecule has 0 aliphatic rings. The molecule has 0 fully saturated rings. The summed E-state index contributed by atoms with van der Waals surface area (Å²) in [6, 6.07) is 10.3. The number of hydrogen-bond donors (Lipinski definition) is 1. The maximum atomic E-state index is 5.46. The SMILES string of the molecule is CN(CCc1ccccc1)C(N)=S.I. The third-order valence-electron chi connectivity index (χ3n) is 1.95. The van der Waals surface area contributed by atoms with Crippen LogP contribution in [0.15, 0.2) is 30.3 Å². The summed E-state index contributed by atoms with van der Waals surface area (Å²) in [6.07, 6.45) is 0.981. The number of benzene rings is 1. The Morgan fingerprint density at radius 1 is 1.36 bits per heavy atom. The lowest BCUT2D eigenvalue weighted by atomic mass is 10.1. The van der Waals surface area contributed by atoms with Gasteiger partial charge in [-0.2, -0.15) is 0 Å². The van der Waals surface area contributed by atoms with Crippen molar-refractivity contribution in [3.05, 3.63) is 35.9 Å². The predicted molar refractivity (Wildman–Crippen MR) is 75.0 cm³/mol. The zero-order valence-electron chi connectivity index (χ0n) is 8.14. The van der Waals surface area contributed by atoms with Crippen molar-refractivity contribution in [2.24, 2.45) is 5.73 Å². The number of halogens is 1. The van der Waals surface area contributed by atoms with Crippen molar-refractivity contribution in [3.63, 3.8) is 0 Å². The molecule has 0 aliphatic carbocycles. The first-order valence-electron chi connectivity index (χ1n) is 4.24. The molecule has 1 aromatic carbocycles. The fourth-order valence-corrected chi connectivity index (χ4v) is 1.14. The highest BCUT2D eigenvalue weighted by molar-refractivity contribution is 14.0.